The average Bonchev–Trinajstić information content (AvgIpc) is 2.72. The topological polar surface area (TPSA) is 45.1 Å². The van der Waals surface area contributed by atoms with Gasteiger partial charge >= 0.3 is 5.97 Å². The van der Waals surface area contributed by atoms with Crippen molar-refractivity contribution >= 4 is 33.4 Å². The lowest BCUT2D eigenvalue weighted by Gasteiger charge is -2.36. The van der Waals surface area contributed by atoms with Crippen LogP contribution < -0.4 is 0 Å². The lowest BCUT2D eigenvalue weighted by Crippen LogP contribution is -2.48. The van der Waals surface area contributed by atoms with Crippen molar-refractivity contribution in [1.29, 1.82) is 0 Å². The second kappa shape index (κ2) is 9.15. The fourth-order valence-corrected chi connectivity index (χ4v) is 3.52. The Labute approximate surface area is 168 Å². The van der Waals surface area contributed by atoms with E-state index in [4.69, 9.17) is 9.73 Å². The number of rotatable bonds is 4. The molecule has 0 aromatic heterocycles. The molecule has 6 heteroatoms. The summed E-state index contributed by atoms with van der Waals surface area (Å²) >= 11 is 3.51. The molecule has 1 fully saturated rings. The summed E-state index contributed by atoms with van der Waals surface area (Å²) in [6, 6.07) is 15.4. The van der Waals surface area contributed by atoms with E-state index in [1.807, 2.05) is 36.4 Å². The van der Waals surface area contributed by atoms with E-state index in [-0.39, 0.29) is 5.97 Å². The maximum Gasteiger partial charge on any atom is 0.337 e. The first-order valence-electron chi connectivity index (χ1n) is 9.11. The molecule has 1 heterocycles. The predicted molar refractivity (Wildman–Crippen MR) is 112 cm³/mol. The summed E-state index contributed by atoms with van der Waals surface area (Å²) in [5.41, 5.74) is 2.43. The predicted octanol–water partition coefficient (Wildman–Crippen LogP) is 3.95. The normalized spacial score (nSPS) is 15.7. The van der Waals surface area contributed by atoms with Gasteiger partial charge in [0.25, 0.3) is 0 Å². The summed E-state index contributed by atoms with van der Waals surface area (Å²) in [7, 11) is 1.39. The van der Waals surface area contributed by atoms with Crippen LogP contribution in [-0.4, -0.2) is 61.4 Å². The molecule has 3 rings (SSSR count). The number of benzene rings is 2. The van der Waals surface area contributed by atoms with Crippen LogP contribution in [0.3, 0.4) is 0 Å². The van der Waals surface area contributed by atoms with Crippen molar-refractivity contribution in [2.45, 2.75) is 6.92 Å². The Morgan fingerprint density at radius 1 is 1.07 bits per heavy atom. The maximum atomic E-state index is 11.7. The van der Waals surface area contributed by atoms with Gasteiger partial charge in [0.1, 0.15) is 5.84 Å². The zero-order valence-electron chi connectivity index (χ0n) is 15.7. The first kappa shape index (κ1) is 19.6. The Kier molecular flexibility index (Phi) is 6.63. The van der Waals surface area contributed by atoms with Crippen LogP contribution in [0.4, 0.5) is 5.69 Å². The molecule has 5 nitrogen and oxygen atoms in total. The summed E-state index contributed by atoms with van der Waals surface area (Å²) in [4.78, 5) is 21.4. The second-order valence-corrected chi connectivity index (χ2v) is 7.32. The fraction of sp³-hybridized carbons (Fsp3) is 0.333. The Hall–Kier alpha value is -2.18. The highest BCUT2D eigenvalue weighted by Crippen LogP contribution is 2.21. The third-order valence-corrected chi connectivity index (χ3v) is 5.22. The van der Waals surface area contributed by atoms with Crippen LogP contribution in [0.5, 0.6) is 0 Å². The largest absolute Gasteiger partial charge is 0.465 e. The van der Waals surface area contributed by atoms with Gasteiger partial charge in [0.05, 0.1) is 18.4 Å². The van der Waals surface area contributed by atoms with Gasteiger partial charge in [0.15, 0.2) is 0 Å². The molecule has 1 aliphatic rings. The van der Waals surface area contributed by atoms with E-state index >= 15 is 0 Å². The van der Waals surface area contributed by atoms with E-state index in [9.17, 15) is 4.79 Å². The van der Waals surface area contributed by atoms with E-state index in [0.29, 0.717) is 5.56 Å². The van der Waals surface area contributed by atoms with E-state index < -0.39 is 0 Å². The Morgan fingerprint density at radius 3 is 2.33 bits per heavy atom. The van der Waals surface area contributed by atoms with Gasteiger partial charge in [-0.1, -0.05) is 41.1 Å². The van der Waals surface area contributed by atoms with Gasteiger partial charge in [0.2, 0.25) is 0 Å². The minimum atomic E-state index is -0.330. The van der Waals surface area contributed by atoms with Crippen molar-refractivity contribution in [3.8, 4) is 0 Å². The van der Waals surface area contributed by atoms with E-state index in [0.717, 1.165) is 54.3 Å². The number of halogens is 1. The van der Waals surface area contributed by atoms with Crippen LogP contribution >= 0.6 is 15.9 Å². The second-order valence-electron chi connectivity index (χ2n) is 6.41. The van der Waals surface area contributed by atoms with Crippen molar-refractivity contribution in [3.63, 3.8) is 0 Å². The van der Waals surface area contributed by atoms with Gasteiger partial charge < -0.3 is 14.5 Å². The minimum absolute atomic E-state index is 0.330. The molecule has 0 saturated carbocycles. The van der Waals surface area contributed by atoms with Gasteiger partial charge in [-0.25, -0.2) is 9.79 Å². The SMILES string of the molecule is CCN1CCN(C(=Nc2cccc(Br)c2)c2ccc(C(=O)OC)cc2)CC1. The van der Waals surface area contributed by atoms with Crippen molar-refractivity contribution in [2.24, 2.45) is 4.99 Å². The molecule has 0 aliphatic carbocycles. The highest BCUT2D eigenvalue weighted by atomic mass is 79.9. The van der Waals surface area contributed by atoms with Gasteiger partial charge in [-0.3, -0.25) is 0 Å². The lowest BCUT2D eigenvalue weighted by atomic mass is 10.1. The maximum absolute atomic E-state index is 11.7. The zero-order chi connectivity index (χ0) is 19.2. The third kappa shape index (κ3) is 4.96. The highest BCUT2D eigenvalue weighted by molar-refractivity contribution is 9.10. The summed E-state index contributed by atoms with van der Waals surface area (Å²) in [6.45, 7) is 7.17. The highest BCUT2D eigenvalue weighted by Gasteiger charge is 2.20. The molecule has 0 amide bonds. The van der Waals surface area contributed by atoms with E-state index in [2.05, 4.69) is 32.7 Å². The molecule has 0 atom stereocenters. The number of hydrogen-bond donors (Lipinski definition) is 0. The molecule has 0 spiro atoms. The lowest BCUT2D eigenvalue weighted by molar-refractivity contribution is 0.0600. The number of ether oxygens (including phenoxy) is 1. The molecule has 0 unspecified atom stereocenters. The fourth-order valence-electron chi connectivity index (χ4n) is 3.13. The molecule has 1 saturated heterocycles. The number of carbonyl (C=O) groups excluding carboxylic acids is 1. The van der Waals surface area contributed by atoms with Crippen LogP contribution in [0.1, 0.15) is 22.8 Å². The van der Waals surface area contributed by atoms with Crippen molar-refractivity contribution < 1.29 is 9.53 Å². The number of esters is 1. The minimum Gasteiger partial charge on any atom is -0.465 e. The number of likely N-dealkylation sites (N-methyl/N-ethyl adjacent to an activating group) is 1. The summed E-state index contributed by atoms with van der Waals surface area (Å²) in [6.07, 6.45) is 0. The van der Waals surface area contributed by atoms with Crippen molar-refractivity contribution in [3.05, 3.63) is 64.1 Å². The van der Waals surface area contributed by atoms with Gasteiger partial charge in [0, 0.05) is 36.2 Å². The molecular weight excluding hydrogens is 406 g/mol. The number of piperazine rings is 1. The number of carbonyl (C=O) groups is 1. The average molecular weight is 430 g/mol. The van der Waals surface area contributed by atoms with Gasteiger partial charge in [-0.05, 0) is 36.9 Å². The first-order valence-corrected chi connectivity index (χ1v) is 9.90. The van der Waals surface area contributed by atoms with Gasteiger partial charge in [-0.2, -0.15) is 0 Å². The van der Waals surface area contributed by atoms with Crippen LogP contribution in [0.2, 0.25) is 0 Å². The Bertz CT molecular complexity index is 812. The smallest absolute Gasteiger partial charge is 0.337 e. The molecular formula is C21H24BrN3O2. The molecule has 27 heavy (non-hydrogen) atoms. The van der Waals surface area contributed by atoms with E-state index in [1.165, 1.54) is 7.11 Å². The number of amidine groups is 1. The first-order chi connectivity index (χ1) is 13.1. The van der Waals surface area contributed by atoms with Crippen molar-refractivity contribution in [1.82, 2.24) is 9.80 Å². The monoisotopic (exact) mass is 429 g/mol. The molecule has 142 valence electrons. The molecule has 2 aromatic rings. The summed E-state index contributed by atoms with van der Waals surface area (Å²) < 4.78 is 5.80. The summed E-state index contributed by atoms with van der Waals surface area (Å²) in [5.74, 6) is 0.601. The Balaban J connectivity index is 1.93. The van der Waals surface area contributed by atoms with Crippen LogP contribution in [0.25, 0.3) is 0 Å². The number of nitrogens with zero attached hydrogens (tertiary/aromatic N) is 3. The number of hydrogen-bond acceptors (Lipinski definition) is 4. The van der Waals surface area contributed by atoms with Crippen LogP contribution in [-0.2, 0) is 4.74 Å². The van der Waals surface area contributed by atoms with Crippen LogP contribution in [0, 0.1) is 0 Å². The molecule has 2 aromatic carbocycles. The van der Waals surface area contributed by atoms with Crippen molar-refractivity contribution in [2.75, 3.05) is 39.8 Å². The standard InChI is InChI=1S/C21H24BrN3O2/c1-3-24-11-13-25(14-12-24)20(23-19-6-4-5-18(22)15-19)16-7-9-17(10-8-16)21(26)27-2/h4-10,15H,3,11-14H2,1-2H3. The molecule has 0 bridgehead atoms. The Morgan fingerprint density at radius 2 is 1.74 bits per heavy atom. The van der Waals surface area contributed by atoms with Gasteiger partial charge in [-0.15, -0.1) is 0 Å². The molecule has 0 radical (unpaired) electrons. The zero-order valence-corrected chi connectivity index (χ0v) is 17.3. The quantitative estimate of drug-likeness (QED) is 0.419. The van der Waals surface area contributed by atoms with Crippen LogP contribution in [0.15, 0.2) is 58.0 Å². The number of methoxy groups -OCH3 is 1. The van der Waals surface area contributed by atoms with E-state index in [1.54, 1.807) is 12.1 Å². The summed E-state index contributed by atoms with van der Waals surface area (Å²) in [5, 5.41) is 0. The molecule has 1 aliphatic heterocycles. The molecule has 0 N–H and O–H groups in total. The number of aliphatic imine (C=N–C) groups is 1. The third-order valence-electron chi connectivity index (χ3n) is 4.73.